The third kappa shape index (κ3) is 5.71. The lowest BCUT2D eigenvalue weighted by atomic mass is 9.87. The van der Waals surface area contributed by atoms with Crippen LogP contribution in [0.2, 0.25) is 0 Å². The van der Waals surface area contributed by atoms with E-state index in [1.165, 1.54) is 12.8 Å². The van der Waals surface area contributed by atoms with E-state index < -0.39 is 10.0 Å². The number of nitrogens with one attached hydrogen (secondary N) is 2. The second kappa shape index (κ2) is 9.91. The van der Waals surface area contributed by atoms with E-state index in [4.69, 9.17) is 0 Å². The van der Waals surface area contributed by atoms with Gasteiger partial charge in [-0.05, 0) is 37.4 Å². The van der Waals surface area contributed by atoms with Gasteiger partial charge in [-0.3, -0.25) is 4.99 Å². The van der Waals surface area contributed by atoms with Gasteiger partial charge >= 0.3 is 0 Å². The second-order valence-corrected chi connectivity index (χ2v) is 10.3. The zero-order valence-electron chi connectivity index (χ0n) is 17.9. The predicted molar refractivity (Wildman–Crippen MR) is 117 cm³/mol. The molecule has 2 unspecified atom stereocenters. The molecule has 0 bridgehead atoms. The quantitative estimate of drug-likeness (QED) is 0.561. The first kappa shape index (κ1) is 22.1. The fourth-order valence-electron chi connectivity index (χ4n) is 4.20. The summed E-state index contributed by atoms with van der Waals surface area (Å²) >= 11 is 0. The summed E-state index contributed by atoms with van der Waals surface area (Å²) in [4.78, 5) is 6.88. The highest BCUT2D eigenvalue weighted by molar-refractivity contribution is 7.89. The first-order chi connectivity index (χ1) is 13.9. The molecule has 0 spiro atoms. The number of nitrogens with zero attached hydrogens (tertiary/aromatic N) is 3. The van der Waals surface area contributed by atoms with Crippen molar-refractivity contribution in [3.05, 3.63) is 29.8 Å². The van der Waals surface area contributed by atoms with Gasteiger partial charge in [0, 0.05) is 45.8 Å². The number of guanidine groups is 1. The number of sulfonamides is 1. The molecule has 0 radical (unpaired) electrons. The molecule has 2 atom stereocenters. The lowest BCUT2D eigenvalue weighted by Crippen LogP contribution is -2.47. The molecule has 1 aromatic carbocycles. The molecule has 1 aliphatic heterocycles. The van der Waals surface area contributed by atoms with Crippen molar-refractivity contribution in [3.8, 4) is 0 Å². The predicted octanol–water partition coefficient (Wildman–Crippen LogP) is 1.87. The van der Waals surface area contributed by atoms with E-state index in [1.54, 1.807) is 23.5 Å². The Morgan fingerprint density at radius 2 is 1.90 bits per heavy atom. The lowest BCUT2D eigenvalue weighted by Gasteiger charge is -2.32. The van der Waals surface area contributed by atoms with Crippen LogP contribution in [0, 0.1) is 5.92 Å². The fourth-order valence-corrected chi connectivity index (χ4v) is 5.85. The molecule has 8 heteroatoms. The van der Waals surface area contributed by atoms with Crippen molar-refractivity contribution in [2.75, 3.05) is 40.3 Å². The Bertz CT molecular complexity index is 803. The Kier molecular flexibility index (Phi) is 7.54. The average Bonchev–Trinajstić information content (AvgIpc) is 2.71. The van der Waals surface area contributed by atoms with Gasteiger partial charge in [-0.2, -0.15) is 4.31 Å². The van der Waals surface area contributed by atoms with Crippen molar-refractivity contribution in [3.63, 3.8) is 0 Å². The van der Waals surface area contributed by atoms with E-state index >= 15 is 0 Å². The number of hydrogen-bond acceptors (Lipinski definition) is 4. The van der Waals surface area contributed by atoms with Crippen LogP contribution in [-0.4, -0.2) is 69.9 Å². The van der Waals surface area contributed by atoms with E-state index in [1.807, 2.05) is 19.2 Å². The van der Waals surface area contributed by atoms with Gasteiger partial charge in [0.25, 0.3) is 0 Å². The summed E-state index contributed by atoms with van der Waals surface area (Å²) in [5.74, 6) is 1.46. The fraction of sp³-hybridized carbons (Fsp3) is 0.667. The molecule has 1 saturated carbocycles. The smallest absolute Gasteiger partial charge is 0.243 e. The summed E-state index contributed by atoms with van der Waals surface area (Å²) < 4.78 is 28.0. The minimum atomic E-state index is -3.50. The number of rotatable bonds is 5. The van der Waals surface area contributed by atoms with Crippen LogP contribution in [0.1, 0.15) is 38.2 Å². The molecule has 2 N–H and O–H groups in total. The van der Waals surface area contributed by atoms with E-state index in [0.717, 1.165) is 43.4 Å². The Labute approximate surface area is 175 Å². The Hall–Kier alpha value is -1.64. The monoisotopic (exact) mass is 421 g/mol. The molecule has 162 valence electrons. The van der Waals surface area contributed by atoms with Crippen molar-refractivity contribution in [2.24, 2.45) is 10.9 Å². The third-order valence-corrected chi connectivity index (χ3v) is 8.00. The first-order valence-electron chi connectivity index (χ1n) is 10.6. The standard InChI is InChI=1S/C21H35N5O2S/c1-17-7-6-9-19(15-17)24-21(22-2)23-16-18-8-4-5-10-20(18)29(27,28)26-13-11-25(3)12-14-26/h4-5,8,10,17,19H,6-7,9,11-16H2,1-3H3,(H2,22,23,24). The van der Waals surface area contributed by atoms with Gasteiger partial charge in [0.2, 0.25) is 10.0 Å². The van der Waals surface area contributed by atoms with Crippen molar-refractivity contribution in [2.45, 2.75) is 50.1 Å². The Morgan fingerprint density at radius 3 is 2.59 bits per heavy atom. The van der Waals surface area contributed by atoms with Gasteiger partial charge in [-0.15, -0.1) is 0 Å². The molecule has 1 saturated heterocycles. The highest BCUT2D eigenvalue weighted by Gasteiger charge is 2.29. The molecule has 1 heterocycles. The van der Waals surface area contributed by atoms with E-state index in [0.29, 0.717) is 30.6 Å². The van der Waals surface area contributed by atoms with Gasteiger partial charge < -0.3 is 15.5 Å². The summed E-state index contributed by atoms with van der Waals surface area (Å²) in [6, 6.07) is 7.70. The highest BCUT2D eigenvalue weighted by Crippen LogP contribution is 2.24. The maximum atomic E-state index is 13.2. The largest absolute Gasteiger partial charge is 0.354 e. The average molecular weight is 422 g/mol. The lowest BCUT2D eigenvalue weighted by molar-refractivity contribution is 0.222. The summed E-state index contributed by atoms with van der Waals surface area (Å²) in [7, 11) is 0.281. The maximum absolute atomic E-state index is 13.2. The molecule has 2 fully saturated rings. The van der Waals surface area contributed by atoms with E-state index in [9.17, 15) is 8.42 Å². The zero-order chi connectivity index (χ0) is 20.9. The van der Waals surface area contributed by atoms with Crippen LogP contribution >= 0.6 is 0 Å². The molecule has 29 heavy (non-hydrogen) atoms. The number of benzene rings is 1. The minimum Gasteiger partial charge on any atom is -0.354 e. The normalized spacial score (nSPS) is 25.0. The summed E-state index contributed by atoms with van der Waals surface area (Å²) in [5, 5.41) is 6.82. The van der Waals surface area contributed by atoms with Crippen LogP contribution in [0.25, 0.3) is 0 Å². The topological polar surface area (TPSA) is 77.0 Å². The minimum absolute atomic E-state index is 0.388. The van der Waals surface area contributed by atoms with Gasteiger partial charge in [0.05, 0.1) is 4.90 Å². The van der Waals surface area contributed by atoms with Crippen molar-refractivity contribution >= 4 is 16.0 Å². The van der Waals surface area contributed by atoms with Crippen molar-refractivity contribution < 1.29 is 8.42 Å². The molecule has 7 nitrogen and oxygen atoms in total. The number of piperazine rings is 1. The van der Waals surface area contributed by atoms with Crippen LogP contribution < -0.4 is 10.6 Å². The SMILES string of the molecule is CN=C(NCc1ccccc1S(=O)(=O)N1CCN(C)CC1)NC1CCCC(C)C1. The number of aliphatic imine (C=N–C) groups is 1. The van der Waals surface area contributed by atoms with Crippen LogP contribution in [0.3, 0.4) is 0 Å². The van der Waals surface area contributed by atoms with E-state index in [-0.39, 0.29) is 0 Å². The summed E-state index contributed by atoms with van der Waals surface area (Å²) in [5.41, 5.74) is 0.770. The van der Waals surface area contributed by atoms with Gasteiger partial charge in [0.1, 0.15) is 0 Å². The summed E-state index contributed by atoms with van der Waals surface area (Å²) in [6.45, 7) is 5.30. The van der Waals surface area contributed by atoms with Gasteiger partial charge in [0.15, 0.2) is 5.96 Å². The molecule has 2 aliphatic rings. The summed E-state index contributed by atoms with van der Waals surface area (Å²) in [6.07, 6.45) is 4.83. The van der Waals surface area contributed by atoms with Crippen LogP contribution in [0.5, 0.6) is 0 Å². The molecule has 1 aliphatic carbocycles. The third-order valence-electron chi connectivity index (χ3n) is 6.00. The Balaban J connectivity index is 1.67. The molecular formula is C21H35N5O2S. The molecule has 1 aromatic rings. The first-order valence-corrected chi connectivity index (χ1v) is 12.1. The molecule has 0 aromatic heterocycles. The number of hydrogen-bond donors (Lipinski definition) is 2. The maximum Gasteiger partial charge on any atom is 0.243 e. The van der Waals surface area contributed by atoms with Gasteiger partial charge in [-0.1, -0.05) is 38.0 Å². The van der Waals surface area contributed by atoms with Gasteiger partial charge in [-0.25, -0.2) is 8.42 Å². The zero-order valence-corrected chi connectivity index (χ0v) is 18.7. The Morgan fingerprint density at radius 1 is 1.17 bits per heavy atom. The second-order valence-electron chi connectivity index (χ2n) is 8.35. The highest BCUT2D eigenvalue weighted by atomic mass is 32.2. The van der Waals surface area contributed by atoms with Crippen LogP contribution in [-0.2, 0) is 16.6 Å². The van der Waals surface area contributed by atoms with Crippen molar-refractivity contribution in [1.29, 1.82) is 0 Å². The number of likely N-dealkylation sites (N-methyl/N-ethyl adjacent to an activating group) is 1. The molecule has 3 rings (SSSR count). The molecular weight excluding hydrogens is 386 g/mol. The van der Waals surface area contributed by atoms with Crippen LogP contribution in [0.15, 0.2) is 34.2 Å². The van der Waals surface area contributed by atoms with E-state index in [2.05, 4.69) is 27.4 Å². The van der Waals surface area contributed by atoms with Crippen molar-refractivity contribution in [1.82, 2.24) is 19.8 Å². The van der Waals surface area contributed by atoms with Crippen LogP contribution in [0.4, 0.5) is 0 Å². The molecule has 0 amide bonds.